The van der Waals surface area contributed by atoms with E-state index in [-0.39, 0.29) is 94.7 Å². The number of ether oxygens (including phenoxy) is 8. The molecule has 2 aliphatic heterocycles. The van der Waals surface area contributed by atoms with Gasteiger partial charge in [0.1, 0.15) is 66.1 Å². The summed E-state index contributed by atoms with van der Waals surface area (Å²) in [5.41, 5.74) is 2.73. The molecule has 0 unspecified atom stereocenters. The van der Waals surface area contributed by atoms with Gasteiger partial charge in [-0.15, -0.1) is 47.0 Å². The number of fused-ring (bicyclic) bond motifs is 20. The summed E-state index contributed by atoms with van der Waals surface area (Å²) in [6.45, 7) is 66.0. The van der Waals surface area contributed by atoms with Crippen molar-refractivity contribution in [3.8, 4) is 91.5 Å². The molecule has 9 rings (SSSR count). The molecule has 128 heavy (non-hydrogen) atoms. The average molecular weight is 1960 g/mol. The summed E-state index contributed by atoms with van der Waals surface area (Å²) in [7, 11) is 4.61. The summed E-state index contributed by atoms with van der Waals surface area (Å²) in [5, 5.41) is 3.41. The van der Waals surface area contributed by atoms with Gasteiger partial charge in [-0.25, -0.2) is 9.97 Å². The topological polar surface area (TPSA) is 203 Å². The zero-order chi connectivity index (χ0) is 94.0. The Morgan fingerprint density at radius 1 is 0.312 bits per heavy atom. The van der Waals surface area contributed by atoms with Gasteiger partial charge in [0.05, 0.1) is 171 Å². The van der Waals surface area contributed by atoms with E-state index in [2.05, 4.69) is 190 Å². The molecular weight excluding hydrogens is 1810 g/mol. The molecule has 0 N–H and O–H groups in total. The molecule has 21 nitrogen and oxygen atoms in total. The fourth-order valence-corrected chi connectivity index (χ4v) is 20.7. The van der Waals surface area contributed by atoms with Crippen molar-refractivity contribution in [3.63, 3.8) is 0 Å². The summed E-state index contributed by atoms with van der Waals surface area (Å²) < 4.78 is 69.0. The molecule has 713 valence electrons. The second-order valence-electron chi connectivity index (χ2n) is 37.3. The third-order valence-electron chi connectivity index (χ3n) is 24.2. The quantitative estimate of drug-likeness (QED) is 0.0257. The zero-order valence-electron chi connectivity index (χ0n) is 82.9. The zero-order valence-corrected chi connectivity index (χ0v) is 89.6. The van der Waals surface area contributed by atoms with Gasteiger partial charge in [0.15, 0.2) is 0 Å². The third kappa shape index (κ3) is 28.3. The van der Waals surface area contributed by atoms with E-state index in [0.717, 1.165) is 131 Å². The van der Waals surface area contributed by atoms with Gasteiger partial charge in [-0.3, -0.25) is 0 Å². The van der Waals surface area contributed by atoms with E-state index in [0.29, 0.717) is 231 Å². The van der Waals surface area contributed by atoms with Gasteiger partial charge in [-0.05, 0) is 153 Å². The van der Waals surface area contributed by atoms with Crippen LogP contribution in [0.4, 0.5) is 0 Å². The van der Waals surface area contributed by atoms with Crippen molar-refractivity contribution in [2.45, 2.75) is 237 Å². The molecule has 5 heterocycles. The molecule has 0 saturated carbocycles. The summed E-state index contributed by atoms with van der Waals surface area (Å²) in [4.78, 5) is 54.7. The molecule has 0 aliphatic carbocycles. The first-order chi connectivity index (χ1) is 61.1. The van der Waals surface area contributed by atoms with Crippen LogP contribution < -0.4 is 47.9 Å². The average Bonchev–Trinajstić information content (AvgIpc) is 1.58. The van der Waals surface area contributed by atoms with Gasteiger partial charge >= 0.3 is 21.0 Å². The standard InChI is InChI=1S/C98H150Cl4N12O8S4.O.V.H/c1-27-111(28-2)43-55-123-87-75(99)79(115-47-35-59(9)10)67-71(83(87)119-51-39-63(17)18)95-103-91(67)107-97-74-70(82(118-50-38-62(15)16)78(102)90(86(74)122-54-42-66(23)24)126-58-46-114(26,33-7)34-8)94(110-97)106-96-72-68(80(116-48-36-60(11)12)76(100)88(84(72)120-52-40-64(19)20)124-56-44-112(29-3)30-4)92(104-96)108-98-73-69(93(105-95)109-98)81(117-49-37-61(13)14)77(101)89(85(73)121-53-41-65(21)22)125-57-45-113(25,31-5)32-6;;;/h59-66H,27-58H2,1-26H3;;;/q;;+2;-1/i;;;1+2. The van der Waals surface area contributed by atoms with Gasteiger partial charge in [-0.2, -0.15) is 0 Å². The van der Waals surface area contributed by atoms with Crippen LogP contribution >= 0.6 is 93.5 Å². The first-order valence-corrected chi connectivity index (χ1v) is 53.3. The van der Waals surface area contributed by atoms with Crippen LogP contribution in [0.1, 0.15) is 219 Å². The van der Waals surface area contributed by atoms with Crippen molar-refractivity contribution in [2.75, 3.05) is 168 Å². The van der Waals surface area contributed by atoms with Crippen molar-refractivity contribution >= 4 is 138 Å². The molecule has 8 bridgehead atoms. The first-order valence-electron chi connectivity index (χ1n) is 47.3. The van der Waals surface area contributed by atoms with Crippen molar-refractivity contribution in [1.29, 1.82) is 0 Å². The SMILES string of the molecule is CCN(CC)CCSc1c(Cl)c(OCCC(C)C)c2c3nc4nc(nc5[n-]c(nc6nc(nc([n-]3)c2c1OCCC(C)C)-c1c(OCCC(C)C)c(Cl)c(SCC[N+](C)(CC)CC)c(OCCC(C)C)c1-6)c1c(OCCC(C)C)c(Cl)c(SCCN(CC)CC)c(OCCC(C)C)c51)-c1c(OCCC(C)C)c(Cl)c(SCC[N+](C)(CC)CC)c(OCCC(C)C)c1-4.[3H-].[O]=[V+2]. The molecule has 2 aliphatic rings. The van der Waals surface area contributed by atoms with Crippen molar-refractivity contribution in [3.05, 3.63) is 20.1 Å². The summed E-state index contributed by atoms with van der Waals surface area (Å²) in [6, 6.07) is 0. The van der Waals surface area contributed by atoms with Crippen LogP contribution in [-0.2, 0) is 21.0 Å². The Bertz CT molecular complexity index is 4630. The number of hydrogen-bond acceptors (Lipinski definition) is 21. The minimum atomic E-state index is 0. The Balaban J connectivity index is 0.00000754. The summed E-state index contributed by atoms with van der Waals surface area (Å²) in [5.74, 6) is 9.11. The second kappa shape index (κ2) is 52.5. The van der Waals surface area contributed by atoms with E-state index in [9.17, 15) is 0 Å². The Morgan fingerprint density at radius 3 is 0.758 bits per heavy atom. The number of nitrogens with zero attached hydrogens (tertiary/aromatic N) is 12. The van der Waals surface area contributed by atoms with Crippen LogP contribution in [0, 0.1) is 47.3 Å². The van der Waals surface area contributed by atoms with Gasteiger partial charge in [-0.1, -0.05) is 185 Å². The number of aromatic nitrogens is 8. The van der Waals surface area contributed by atoms with Crippen LogP contribution in [-0.4, -0.2) is 217 Å². The molecule has 4 aromatic carbocycles. The van der Waals surface area contributed by atoms with Crippen molar-refractivity contribution < 1.29 is 69.3 Å². The van der Waals surface area contributed by atoms with E-state index in [1.54, 1.807) is 47.0 Å². The summed E-state index contributed by atoms with van der Waals surface area (Å²) >= 11 is 40.7. The number of hydrogen-bond donors (Lipinski definition) is 0. The molecule has 3 aromatic heterocycles. The van der Waals surface area contributed by atoms with E-state index < -0.39 is 0 Å². The van der Waals surface area contributed by atoms with Gasteiger partial charge in [0.2, 0.25) is 0 Å². The van der Waals surface area contributed by atoms with E-state index in [1.807, 2.05) is 0 Å². The third-order valence-corrected chi connectivity index (χ3v) is 30.3. The number of thioether (sulfide) groups is 4. The van der Waals surface area contributed by atoms with Crippen LogP contribution in [0.5, 0.6) is 46.0 Å². The minimum absolute atomic E-state index is 0. The molecule has 0 saturated heterocycles. The van der Waals surface area contributed by atoms with Gasteiger partial charge in [0.25, 0.3) is 0 Å². The van der Waals surface area contributed by atoms with Crippen molar-refractivity contribution in [2.24, 2.45) is 47.3 Å². The van der Waals surface area contributed by atoms with Gasteiger partial charge in [0, 0.05) is 80.2 Å². The van der Waals surface area contributed by atoms with Gasteiger partial charge < -0.3 is 88.0 Å². The monoisotopic (exact) mass is 1960 g/mol. The molecular formula is C98H151Cl4N12O9S4V+. The molecule has 0 radical (unpaired) electrons. The molecule has 0 atom stereocenters. The second-order valence-corrected chi connectivity index (χ2v) is 43.3. The predicted molar refractivity (Wildman–Crippen MR) is 538 cm³/mol. The van der Waals surface area contributed by atoms with E-state index in [4.69, 9.17) is 128 Å². The molecule has 30 heteroatoms. The van der Waals surface area contributed by atoms with Crippen LogP contribution in [0.15, 0.2) is 19.6 Å². The van der Waals surface area contributed by atoms with E-state index >= 15 is 0 Å². The number of benzene rings is 4. The number of halogens is 4. The first kappa shape index (κ1) is 109. The molecule has 7 aromatic rings. The Kier molecular flexibility index (Phi) is 44.6. The fourth-order valence-electron chi connectivity index (χ4n) is 14.4. The molecule has 0 fully saturated rings. The van der Waals surface area contributed by atoms with Crippen LogP contribution in [0.3, 0.4) is 0 Å². The number of rotatable bonds is 56. The molecule has 0 spiro atoms. The molecule has 0 amide bonds. The maximum absolute atomic E-state index is 8.29. The van der Waals surface area contributed by atoms with Crippen molar-refractivity contribution in [1.82, 2.24) is 49.7 Å². The van der Waals surface area contributed by atoms with E-state index in [1.165, 1.54) is 0 Å². The fraction of sp³-hybridized carbons (Fsp3) is 0.673. The van der Waals surface area contributed by atoms with Crippen LogP contribution in [0.2, 0.25) is 20.1 Å². The summed E-state index contributed by atoms with van der Waals surface area (Å²) in [6.07, 6.45) is 5.70. The Labute approximate surface area is 814 Å². The Hall–Kier alpha value is -4.58. The predicted octanol–water partition coefficient (Wildman–Crippen LogP) is 26.2. The maximum atomic E-state index is 8.29. The number of quaternary nitrogens is 2. The Morgan fingerprint density at radius 2 is 0.516 bits per heavy atom. The normalized spacial score (nSPS) is 12.5. The van der Waals surface area contributed by atoms with Crippen LogP contribution in [0.25, 0.3) is 89.7 Å².